The highest BCUT2D eigenvalue weighted by atomic mass is 16.3. The molecule has 0 amide bonds. The van der Waals surface area contributed by atoms with Crippen molar-refractivity contribution >= 4 is 98.0 Å². The van der Waals surface area contributed by atoms with Crippen LogP contribution in [0.1, 0.15) is 0 Å². The summed E-state index contributed by atoms with van der Waals surface area (Å²) in [6.45, 7) is 0. The van der Waals surface area contributed by atoms with Gasteiger partial charge in [-0.05, 0) is 132 Å². The summed E-state index contributed by atoms with van der Waals surface area (Å²) in [4.78, 5) is 0. The van der Waals surface area contributed by atoms with Crippen molar-refractivity contribution in [3.05, 3.63) is 212 Å². The van der Waals surface area contributed by atoms with Crippen molar-refractivity contribution < 1.29 is 8.83 Å². The molecule has 3 heterocycles. The topological polar surface area (TPSA) is 31.2 Å². The first kappa shape index (κ1) is 34.3. The lowest BCUT2D eigenvalue weighted by Gasteiger charge is -2.17. The van der Waals surface area contributed by atoms with Crippen LogP contribution in [0.15, 0.2) is 221 Å². The van der Waals surface area contributed by atoms with E-state index >= 15 is 0 Å². The lowest BCUT2D eigenvalue weighted by molar-refractivity contribution is 0.668. The van der Waals surface area contributed by atoms with Gasteiger partial charge in [0.25, 0.3) is 0 Å². The van der Waals surface area contributed by atoms with Crippen molar-refractivity contribution in [3.8, 4) is 39.1 Å². The zero-order valence-corrected chi connectivity index (χ0v) is 34.0. The van der Waals surface area contributed by atoms with Crippen molar-refractivity contribution in [1.82, 2.24) is 4.57 Å². The van der Waals surface area contributed by atoms with Gasteiger partial charge in [0.2, 0.25) is 0 Å². The Balaban J connectivity index is 0.891. The second kappa shape index (κ2) is 13.1. The number of fused-ring (bicyclic) bond motifs is 12. The van der Waals surface area contributed by atoms with Crippen LogP contribution in [0.4, 0.5) is 0 Å². The minimum absolute atomic E-state index is 0.861. The Morgan fingerprint density at radius 1 is 0.254 bits per heavy atom. The van der Waals surface area contributed by atoms with Crippen LogP contribution >= 0.6 is 0 Å². The van der Waals surface area contributed by atoms with Gasteiger partial charge in [-0.15, -0.1) is 0 Å². The van der Waals surface area contributed by atoms with Gasteiger partial charge in [0.1, 0.15) is 22.3 Å². The van der Waals surface area contributed by atoms with Crippen LogP contribution < -0.4 is 0 Å². The molecule has 11 aromatic carbocycles. The number of aromatic nitrogens is 1. The van der Waals surface area contributed by atoms with Gasteiger partial charge in [-0.2, -0.15) is 0 Å². The maximum Gasteiger partial charge on any atom is 0.137 e. The van der Waals surface area contributed by atoms with Gasteiger partial charge in [-0.3, -0.25) is 0 Å². The van der Waals surface area contributed by atoms with E-state index in [1.807, 2.05) is 0 Å². The first-order valence-electron chi connectivity index (χ1n) is 21.6. The Morgan fingerprint density at radius 3 is 1.38 bits per heavy atom. The SMILES string of the molecule is c1ccc(-c2ccc3c(c2)c2ccccc2n3-c2ccc3c(c2)oc2cc4cc5oc6cc(-c7c8ccccc8c(-c8ccccc8)c8ccccc78)ccc6c5cc4cc23)cc1. The van der Waals surface area contributed by atoms with Crippen LogP contribution in [-0.2, 0) is 0 Å². The van der Waals surface area contributed by atoms with Gasteiger partial charge < -0.3 is 13.4 Å². The van der Waals surface area contributed by atoms with E-state index in [1.54, 1.807) is 0 Å². The fraction of sp³-hybridized carbons (Fsp3) is 0. The summed E-state index contributed by atoms with van der Waals surface area (Å²) in [6, 6.07) is 76.7. The molecule has 0 fully saturated rings. The number of para-hydroxylation sites is 1. The molecule has 3 nitrogen and oxygen atoms in total. The molecular weight excluding hydrogens is 767 g/mol. The van der Waals surface area contributed by atoms with E-state index in [1.165, 1.54) is 71.2 Å². The summed E-state index contributed by atoms with van der Waals surface area (Å²) in [5.41, 5.74) is 14.1. The number of benzene rings is 11. The molecule has 0 unspecified atom stereocenters. The summed E-state index contributed by atoms with van der Waals surface area (Å²) >= 11 is 0. The average molecular weight is 802 g/mol. The predicted molar refractivity (Wildman–Crippen MR) is 264 cm³/mol. The summed E-state index contributed by atoms with van der Waals surface area (Å²) in [5.74, 6) is 0. The van der Waals surface area contributed by atoms with Crippen LogP contribution in [0, 0.1) is 0 Å². The van der Waals surface area contributed by atoms with Gasteiger partial charge in [-0.1, -0.05) is 140 Å². The molecular formula is C60H35NO2. The van der Waals surface area contributed by atoms with Crippen molar-refractivity contribution in [2.24, 2.45) is 0 Å². The zero-order valence-electron chi connectivity index (χ0n) is 34.0. The van der Waals surface area contributed by atoms with Gasteiger partial charge in [0.15, 0.2) is 0 Å². The van der Waals surface area contributed by atoms with Crippen molar-refractivity contribution in [2.75, 3.05) is 0 Å². The molecule has 14 rings (SSSR count). The van der Waals surface area contributed by atoms with E-state index in [9.17, 15) is 0 Å². The number of hydrogen-bond acceptors (Lipinski definition) is 2. The Morgan fingerprint density at radius 2 is 0.730 bits per heavy atom. The number of hydrogen-bond donors (Lipinski definition) is 0. The van der Waals surface area contributed by atoms with Crippen LogP contribution in [0.25, 0.3) is 137 Å². The molecule has 292 valence electrons. The highest BCUT2D eigenvalue weighted by Crippen LogP contribution is 2.45. The van der Waals surface area contributed by atoms with E-state index in [4.69, 9.17) is 8.83 Å². The number of rotatable bonds is 4. The molecule has 0 saturated heterocycles. The Labute approximate surface area is 361 Å². The third-order valence-corrected chi connectivity index (χ3v) is 13.3. The maximum absolute atomic E-state index is 6.74. The standard InChI is InChI=1S/C60H35NO2/c1-3-13-36(14-4-1)38-24-28-54-50(29-38)43-17-11-12-22-53(43)61(54)42-25-27-45-52-31-40-30-51-44-26-23-39(32-55(44)62-56(51)33-41(40)34-57(52)63-58(45)35-42)60-48-20-9-7-18-46(48)59(37-15-5-2-6-16-37)47-19-8-10-21-49(47)60/h1-35H. The molecule has 63 heavy (non-hydrogen) atoms. The second-order valence-electron chi connectivity index (χ2n) is 16.8. The van der Waals surface area contributed by atoms with Gasteiger partial charge in [0.05, 0.1) is 11.0 Å². The molecule has 0 aliphatic heterocycles. The first-order chi connectivity index (χ1) is 31.2. The van der Waals surface area contributed by atoms with E-state index in [-0.39, 0.29) is 0 Å². The third kappa shape index (κ3) is 5.08. The smallest absolute Gasteiger partial charge is 0.137 e. The van der Waals surface area contributed by atoms with Gasteiger partial charge in [0, 0.05) is 44.1 Å². The molecule has 3 aromatic heterocycles. The molecule has 0 aliphatic rings. The molecule has 0 spiro atoms. The minimum atomic E-state index is 0.861. The fourth-order valence-corrected chi connectivity index (χ4v) is 10.5. The molecule has 14 aromatic rings. The number of furan rings is 2. The van der Waals surface area contributed by atoms with Crippen molar-refractivity contribution in [2.45, 2.75) is 0 Å². The minimum Gasteiger partial charge on any atom is -0.456 e. The summed E-state index contributed by atoms with van der Waals surface area (Å²) in [7, 11) is 0. The molecule has 0 radical (unpaired) electrons. The second-order valence-corrected chi connectivity index (χ2v) is 16.8. The van der Waals surface area contributed by atoms with E-state index in [0.717, 1.165) is 65.9 Å². The molecule has 3 heteroatoms. The summed E-state index contributed by atoms with van der Waals surface area (Å²) < 4.78 is 15.8. The normalized spacial score (nSPS) is 12.1. The molecule has 0 bridgehead atoms. The van der Waals surface area contributed by atoms with Crippen molar-refractivity contribution in [3.63, 3.8) is 0 Å². The highest BCUT2D eigenvalue weighted by molar-refractivity contribution is 6.22. The van der Waals surface area contributed by atoms with E-state index in [0.29, 0.717) is 0 Å². The first-order valence-corrected chi connectivity index (χ1v) is 21.6. The molecule has 0 N–H and O–H groups in total. The van der Waals surface area contributed by atoms with Gasteiger partial charge >= 0.3 is 0 Å². The molecule has 0 aliphatic carbocycles. The van der Waals surface area contributed by atoms with Crippen LogP contribution in [-0.4, -0.2) is 4.57 Å². The van der Waals surface area contributed by atoms with E-state index < -0.39 is 0 Å². The zero-order chi connectivity index (χ0) is 41.2. The highest BCUT2D eigenvalue weighted by Gasteiger charge is 2.20. The Bertz CT molecular complexity index is 4130. The lowest BCUT2D eigenvalue weighted by Crippen LogP contribution is -1.93. The summed E-state index contributed by atoms with van der Waals surface area (Å²) in [5, 5.41) is 14.0. The monoisotopic (exact) mass is 801 g/mol. The fourth-order valence-electron chi connectivity index (χ4n) is 10.5. The quantitative estimate of drug-likeness (QED) is 0.166. The predicted octanol–water partition coefficient (Wildman–Crippen LogP) is 17.0. The average Bonchev–Trinajstić information content (AvgIpc) is 3.99. The lowest BCUT2D eigenvalue weighted by atomic mass is 9.86. The van der Waals surface area contributed by atoms with E-state index in [2.05, 4.69) is 217 Å². The molecule has 0 saturated carbocycles. The number of nitrogens with zero attached hydrogens (tertiary/aromatic N) is 1. The van der Waals surface area contributed by atoms with Crippen LogP contribution in [0.2, 0.25) is 0 Å². The van der Waals surface area contributed by atoms with Crippen LogP contribution in [0.3, 0.4) is 0 Å². The third-order valence-electron chi connectivity index (χ3n) is 13.3. The molecule has 0 atom stereocenters. The largest absolute Gasteiger partial charge is 0.456 e. The van der Waals surface area contributed by atoms with Gasteiger partial charge in [-0.25, -0.2) is 0 Å². The summed E-state index contributed by atoms with van der Waals surface area (Å²) in [6.07, 6.45) is 0. The maximum atomic E-state index is 6.74. The Kier molecular flexibility index (Phi) is 7.11. The Hall–Kier alpha value is -8.40. The van der Waals surface area contributed by atoms with Crippen LogP contribution in [0.5, 0.6) is 0 Å². The van der Waals surface area contributed by atoms with Crippen molar-refractivity contribution in [1.29, 1.82) is 0 Å².